The Morgan fingerprint density at radius 1 is 1.40 bits per heavy atom. The van der Waals surface area contributed by atoms with Crippen LogP contribution in [0.3, 0.4) is 0 Å². The van der Waals surface area contributed by atoms with Gasteiger partial charge in [0.15, 0.2) is 0 Å². The third-order valence-corrected chi connectivity index (χ3v) is 6.93. The number of hydrogen-bond acceptors (Lipinski definition) is 4. The second-order valence-electron chi connectivity index (χ2n) is 5.48. The zero-order valence-corrected chi connectivity index (χ0v) is 14.0. The summed E-state index contributed by atoms with van der Waals surface area (Å²) in [5.41, 5.74) is 1.06. The predicted octanol–water partition coefficient (Wildman–Crippen LogP) is 2.63. The maximum atomic E-state index is 12.3. The SMILES string of the molecule is CCCNCc1sc(S(=O)(=O)NC2CC2CC)cc1C. The maximum absolute atomic E-state index is 12.3. The molecule has 0 bridgehead atoms. The van der Waals surface area contributed by atoms with Crippen LogP contribution in [0.25, 0.3) is 0 Å². The number of nitrogens with one attached hydrogen (secondary N) is 2. The van der Waals surface area contributed by atoms with E-state index in [1.54, 1.807) is 6.07 Å². The minimum atomic E-state index is -3.33. The lowest BCUT2D eigenvalue weighted by Crippen LogP contribution is -2.26. The summed E-state index contributed by atoms with van der Waals surface area (Å²) in [6, 6.07) is 1.94. The zero-order chi connectivity index (χ0) is 14.8. The Morgan fingerprint density at radius 3 is 2.75 bits per heavy atom. The monoisotopic (exact) mass is 316 g/mol. The van der Waals surface area contributed by atoms with Gasteiger partial charge in [-0.15, -0.1) is 11.3 Å². The number of rotatable bonds is 8. The molecule has 1 heterocycles. The molecule has 0 saturated heterocycles. The van der Waals surface area contributed by atoms with Crippen LogP contribution < -0.4 is 10.0 Å². The smallest absolute Gasteiger partial charge is 0.250 e. The molecule has 0 radical (unpaired) electrons. The van der Waals surface area contributed by atoms with Crippen molar-refractivity contribution in [3.8, 4) is 0 Å². The molecule has 114 valence electrons. The number of hydrogen-bond donors (Lipinski definition) is 2. The van der Waals surface area contributed by atoms with E-state index in [-0.39, 0.29) is 6.04 Å². The molecule has 2 unspecified atom stereocenters. The van der Waals surface area contributed by atoms with Crippen molar-refractivity contribution >= 4 is 21.4 Å². The van der Waals surface area contributed by atoms with Crippen LogP contribution in [0.15, 0.2) is 10.3 Å². The van der Waals surface area contributed by atoms with Crippen molar-refractivity contribution in [1.29, 1.82) is 0 Å². The maximum Gasteiger partial charge on any atom is 0.250 e. The normalized spacial score (nSPS) is 22.1. The summed E-state index contributed by atoms with van der Waals surface area (Å²) in [6.45, 7) is 7.91. The van der Waals surface area contributed by atoms with Gasteiger partial charge in [0.1, 0.15) is 4.21 Å². The van der Waals surface area contributed by atoms with Crippen LogP contribution in [0.5, 0.6) is 0 Å². The summed E-state index contributed by atoms with van der Waals surface area (Å²) in [5.74, 6) is 0.525. The largest absolute Gasteiger partial charge is 0.312 e. The van der Waals surface area contributed by atoms with Gasteiger partial charge in [-0.05, 0) is 43.9 Å². The van der Waals surface area contributed by atoms with E-state index >= 15 is 0 Å². The Bertz CT molecular complexity index is 552. The summed E-state index contributed by atoms with van der Waals surface area (Å²) in [6.07, 6.45) is 3.10. The Kier molecular flexibility index (Phi) is 5.23. The summed E-state index contributed by atoms with van der Waals surface area (Å²) in [7, 11) is -3.33. The van der Waals surface area contributed by atoms with Crippen LogP contribution in [0.1, 0.15) is 43.6 Å². The van der Waals surface area contributed by atoms with Crippen molar-refractivity contribution in [2.75, 3.05) is 6.54 Å². The van der Waals surface area contributed by atoms with E-state index in [1.807, 2.05) is 6.92 Å². The lowest BCUT2D eigenvalue weighted by Gasteiger charge is -2.03. The quantitative estimate of drug-likeness (QED) is 0.725. The minimum Gasteiger partial charge on any atom is -0.312 e. The third-order valence-electron chi connectivity index (χ3n) is 3.73. The summed E-state index contributed by atoms with van der Waals surface area (Å²) < 4.78 is 27.9. The standard InChI is InChI=1S/C14H24N2O2S2/c1-4-6-15-9-13-10(3)7-14(19-13)20(17,18)16-12-8-11(12)5-2/h7,11-12,15-16H,4-6,8-9H2,1-3H3. The van der Waals surface area contributed by atoms with Crippen molar-refractivity contribution in [2.24, 2.45) is 5.92 Å². The van der Waals surface area contributed by atoms with Crippen LogP contribution in [0.2, 0.25) is 0 Å². The van der Waals surface area contributed by atoms with Gasteiger partial charge in [0.25, 0.3) is 0 Å². The second-order valence-corrected chi connectivity index (χ2v) is 8.56. The van der Waals surface area contributed by atoms with E-state index in [1.165, 1.54) is 11.3 Å². The zero-order valence-electron chi connectivity index (χ0n) is 12.4. The second kappa shape index (κ2) is 6.56. The fourth-order valence-electron chi connectivity index (χ4n) is 2.28. The van der Waals surface area contributed by atoms with Crippen molar-refractivity contribution in [3.63, 3.8) is 0 Å². The molecule has 4 nitrogen and oxygen atoms in total. The van der Waals surface area contributed by atoms with Gasteiger partial charge in [-0.25, -0.2) is 13.1 Å². The molecule has 6 heteroatoms. The van der Waals surface area contributed by atoms with Crippen LogP contribution in [0.4, 0.5) is 0 Å². The summed E-state index contributed by atoms with van der Waals surface area (Å²) in [4.78, 5) is 1.11. The number of aryl methyl sites for hydroxylation is 1. The van der Waals surface area contributed by atoms with Gasteiger partial charge >= 0.3 is 0 Å². The molecular weight excluding hydrogens is 292 g/mol. The molecule has 0 aromatic carbocycles. The first-order valence-electron chi connectivity index (χ1n) is 7.30. The molecule has 20 heavy (non-hydrogen) atoms. The highest BCUT2D eigenvalue weighted by atomic mass is 32.2. The first-order chi connectivity index (χ1) is 9.47. The molecule has 1 fully saturated rings. The molecule has 1 aliphatic carbocycles. The van der Waals surface area contributed by atoms with Crippen LogP contribution in [-0.4, -0.2) is 21.0 Å². The first-order valence-corrected chi connectivity index (χ1v) is 9.60. The molecule has 2 rings (SSSR count). The van der Waals surface area contributed by atoms with E-state index in [2.05, 4.69) is 23.9 Å². The van der Waals surface area contributed by atoms with E-state index < -0.39 is 10.0 Å². The Balaban J connectivity index is 2.02. The van der Waals surface area contributed by atoms with E-state index in [4.69, 9.17) is 0 Å². The minimum absolute atomic E-state index is 0.147. The Hall–Kier alpha value is -0.430. The topological polar surface area (TPSA) is 58.2 Å². The van der Waals surface area contributed by atoms with Gasteiger partial charge in [-0.3, -0.25) is 0 Å². The molecular formula is C14H24N2O2S2. The molecule has 1 saturated carbocycles. The summed E-state index contributed by atoms with van der Waals surface area (Å²) >= 11 is 1.38. The highest BCUT2D eigenvalue weighted by Gasteiger charge is 2.39. The van der Waals surface area contributed by atoms with Crippen molar-refractivity contribution in [3.05, 3.63) is 16.5 Å². The molecule has 0 spiro atoms. The van der Waals surface area contributed by atoms with Gasteiger partial charge < -0.3 is 5.32 Å². The van der Waals surface area contributed by atoms with Crippen LogP contribution >= 0.6 is 11.3 Å². The van der Waals surface area contributed by atoms with E-state index in [9.17, 15) is 8.42 Å². The van der Waals surface area contributed by atoms with Crippen molar-refractivity contribution < 1.29 is 8.42 Å². The van der Waals surface area contributed by atoms with Crippen molar-refractivity contribution in [1.82, 2.24) is 10.0 Å². The first kappa shape index (κ1) is 15.9. The molecule has 2 N–H and O–H groups in total. The fraction of sp³-hybridized carbons (Fsp3) is 0.714. The Labute approximate surface area is 126 Å². The van der Waals surface area contributed by atoms with Gasteiger partial charge in [0.2, 0.25) is 10.0 Å². The van der Waals surface area contributed by atoms with Gasteiger partial charge in [-0.2, -0.15) is 0 Å². The van der Waals surface area contributed by atoms with Crippen LogP contribution in [0, 0.1) is 12.8 Å². The summed E-state index contributed by atoms with van der Waals surface area (Å²) in [5, 5.41) is 3.32. The lowest BCUT2D eigenvalue weighted by molar-refractivity contribution is 0.578. The molecule has 1 aromatic heterocycles. The number of sulfonamides is 1. The predicted molar refractivity (Wildman–Crippen MR) is 83.6 cm³/mol. The highest BCUT2D eigenvalue weighted by molar-refractivity contribution is 7.91. The van der Waals surface area contributed by atoms with Crippen LogP contribution in [-0.2, 0) is 16.6 Å². The van der Waals surface area contributed by atoms with E-state index in [0.29, 0.717) is 10.1 Å². The third kappa shape index (κ3) is 3.81. The van der Waals surface area contributed by atoms with Gasteiger partial charge in [0, 0.05) is 17.5 Å². The average molecular weight is 316 g/mol. The van der Waals surface area contributed by atoms with Gasteiger partial charge in [0.05, 0.1) is 0 Å². The molecule has 1 aromatic rings. The fourth-order valence-corrected chi connectivity index (χ4v) is 5.17. The molecule has 0 aliphatic heterocycles. The average Bonchev–Trinajstić information content (AvgIpc) is 3.02. The van der Waals surface area contributed by atoms with E-state index in [0.717, 1.165) is 42.8 Å². The molecule has 0 amide bonds. The Morgan fingerprint density at radius 2 is 2.15 bits per heavy atom. The molecule has 1 aliphatic rings. The number of thiophene rings is 1. The highest BCUT2D eigenvalue weighted by Crippen LogP contribution is 2.35. The lowest BCUT2D eigenvalue weighted by atomic mass is 10.3. The van der Waals surface area contributed by atoms with Gasteiger partial charge in [-0.1, -0.05) is 20.3 Å². The van der Waals surface area contributed by atoms with Crippen molar-refractivity contribution in [2.45, 2.75) is 56.8 Å². The molecule has 2 atom stereocenters.